The maximum atomic E-state index is 12.3. The largest absolute Gasteiger partial charge is 0.341 e. The molecule has 0 saturated heterocycles. The van der Waals surface area contributed by atoms with Gasteiger partial charge in [0.1, 0.15) is 0 Å². The van der Waals surface area contributed by atoms with Gasteiger partial charge in [0.2, 0.25) is 5.91 Å². The average Bonchev–Trinajstić information content (AvgIpc) is 2.61. The van der Waals surface area contributed by atoms with Gasteiger partial charge in [-0.3, -0.25) is 14.9 Å². The molecule has 0 N–H and O–H groups in total. The lowest BCUT2D eigenvalue weighted by atomic mass is 10.1. The summed E-state index contributed by atoms with van der Waals surface area (Å²) in [6.07, 6.45) is 0. The van der Waals surface area contributed by atoms with E-state index in [9.17, 15) is 14.9 Å². The third kappa shape index (κ3) is 5.76. The molecule has 132 valence electrons. The summed E-state index contributed by atoms with van der Waals surface area (Å²) < 4.78 is 0. The molecular formula is C18H19ClN2O3S. The number of rotatable bonds is 7. The van der Waals surface area contributed by atoms with Gasteiger partial charge >= 0.3 is 0 Å². The first kappa shape index (κ1) is 19.3. The quantitative estimate of drug-likeness (QED) is 0.517. The summed E-state index contributed by atoms with van der Waals surface area (Å²) in [6.45, 7) is 2.46. The molecule has 0 unspecified atom stereocenters. The number of carbonyl (C=O) groups is 1. The van der Waals surface area contributed by atoms with E-state index in [1.807, 2.05) is 25.1 Å². The Kier molecular flexibility index (Phi) is 6.84. The van der Waals surface area contributed by atoms with Crippen LogP contribution in [0.1, 0.15) is 23.3 Å². The van der Waals surface area contributed by atoms with E-state index in [0.717, 1.165) is 11.1 Å². The number of hydrogen-bond donors (Lipinski definition) is 0. The van der Waals surface area contributed by atoms with Crippen LogP contribution in [0, 0.1) is 10.1 Å². The van der Waals surface area contributed by atoms with Crippen LogP contribution in [-0.2, 0) is 11.3 Å². The zero-order valence-electron chi connectivity index (χ0n) is 14.0. The number of nitrogens with zero attached hydrogens (tertiary/aromatic N) is 2. The highest BCUT2D eigenvalue weighted by Gasteiger charge is 2.15. The molecule has 0 aliphatic carbocycles. The molecule has 2 rings (SSSR count). The van der Waals surface area contributed by atoms with Crippen molar-refractivity contribution in [3.8, 4) is 0 Å². The van der Waals surface area contributed by atoms with Gasteiger partial charge in [0, 0.05) is 36.0 Å². The van der Waals surface area contributed by atoms with Crippen molar-refractivity contribution in [3.63, 3.8) is 0 Å². The number of thioether (sulfide) groups is 1. The lowest BCUT2D eigenvalue weighted by Crippen LogP contribution is -2.28. The van der Waals surface area contributed by atoms with Gasteiger partial charge in [0.05, 0.1) is 10.7 Å². The standard InChI is InChI=1S/C18H19ClN2O3S/c1-13(15-4-3-5-17(10-15)21(23)24)25-12-18(22)20(2)11-14-6-8-16(19)9-7-14/h3-10,13H,11-12H2,1-2H3/t13-/m0/s1. The second-order valence-electron chi connectivity index (χ2n) is 5.68. The summed E-state index contributed by atoms with van der Waals surface area (Å²) in [4.78, 5) is 24.4. The summed E-state index contributed by atoms with van der Waals surface area (Å²) in [5.41, 5.74) is 1.92. The zero-order valence-corrected chi connectivity index (χ0v) is 15.6. The van der Waals surface area contributed by atoms with Gasteiger partial charge in [-0.05, 0) is 30.2 Å². The van der Waals surface area contributed by atoms with E-state index in [0.29, 0.717) is 17.3 Å². The number of halogens is 1. The predicted molar refractivity (Wildman–Crippen MR) is 102 cm³/mol. The van der Waals surface area contributed by atoms with Crippen LogP contribution >= 0.6 is 23.4 Å². The number of non-ortho nitro benzene ring substituents is 1. The molecule has 0 aromatic heterocycles. The lowest BCUT2D eigenvalue weighted by molar-refractivity contribution is -0.384. The maximum Gasteiger partial charge on any atom is 0.269 e. The SMILES string of the molecule is C[C@H](SCC(=O)N(C)Cc1ccc(Cl)cc1)c1cccc([N+](=O)[O-])c1. The van der Waals surface area contributed by atoms with Crippen molar-refractivity contribution in [2.24, 2.45) is 0 Å². The molecule has 2 aromatic carbocycles. The summed E-state index contributed by atoms with van der Waals surface area (Å²) >= 11 is 7.32. The number of benzene rings is 2. The van der Waals surface area contributed by atoms with E-state index in [1.165, 1.54) is 17.8 Å². The Labute approximate surface area is 156 Å². The Morgan fingerprint density at radius 3 is 2.60 bits per heavy atom. The van der Waals surface area contributed by atoms with Crippen LogP contribution in [0.3, 0.4) is 0 Å². The minimum Gasteiger partial charge on any atom is -0.341 e. The molecule has 0 bridgehead atoms. The third-order valence-corrected chi connectivity index (χ3v) is 5.20. The minimum absolute atomic E-state index is 0.00668. The van der Waals surface area contributed by atoms with Gasteiger partial charge in [0.15, 0.2) is 0 Å². The molecular weight excluding hydrogens is 360 g/mol. The zero-order chi connectivity index (χ0) is 18.4. The highest BCUT2D eigenvalue weighted by molar-refractivity contribution is 8.00. The van der Waals surface area contributed by atoms with E-state index >= 15 is 0 Å². The summed E-state index contributed by atoms with van der Waals surface area (Å²) in [6, 6.07) is 13.9. The fourth-order valence-corrected chi connectivity index (χ4v) is 3.32. The number of hydrogen-bond acceptors (Lipinski definition) is 4. The smallest absolute Gasteiger partial charge is 0.269 e. The fourth-order valence-electron chi connectivity index (χ4n) is 2.25. The summed E-state index contributed by atoms with van der Waals surface area (Å²) in [5, 5.41) is 11.5. The Bertz CT molecular complexity index is 752. The van der Waals surface area contributed by atoms with Crippen molar-refractivity contribution in [1.82, 2.24) is 4.90 Å². The Morgan fingerprint density at radius 2 is 1.96 bits per heavy atom. The van der Waals surface area contributed by atoms with Crippen LogP contribution in [-0.4, -0.2) is 28.5 Å². The van der Waals surface area contributed by atoms with Gasteiger partial charge in [-0.2, -0.15) is 0 Å². The summed E-state index contributed by atoms with van der Waals surface area (Å²) in [5.74, 6) is 0.325. The number of amides is 1. The van der Waals surface area contributed by atoms with Crippen LogP contribution in [0.15, 0.2) is 48.5 Å². The van der Waals surface area contributed by atoms with Crippen LogP contribution in [0.4, 0.5) is 5.69 Å². The molecule has 0 radical (unpaired) electrons. The van der Waals surface area contributed by atoms with Crippen molar-refractivity contribution in [2.75, 3.05) is 12.8 Å². The van der Waals surface area contributed by atoms with Crippen molar-refractivity contribution in [1.29, 1.82) is 0 Å². The highest BCUT2D eigenvalue weighted by atomic mass is 35.5. The van der Waals surface area contributed by atoms with Crippen molar-refractivity contribution in [2.45, 2.75) is 18.7 Å². The van der Waals surface area contributed by atoms with Gasteiger partial charge in [0.25, 0.3) is 5.69 Å². The van der Waals surface area contributed by atoms with Crippen LogP contribution < -0.4 is 0 Å². The second kappa shape index (κ2) is 8.87. The molecule has 0 aliphatic heterocycles. The Balaban J connectivity index is 1.89. The first-order valence-corrected chi connectivity index (χ1v) is 9.14. The van der Waals surface area contributed by atoms with E-state index < -0.39 is 4.92 Å². The number of nitro groups is 1. The molecule has 0 heterocycles. The van der Waals surface area contributed by atoms with Gasteiger partial charge < -0.3 is 4.90 Å². The van der Waals surface area contributed by atoms with Crippen LogP contribution in [0.2, 0.25) is 5.02 Å². The lowest BCUT2D eigenvalue weighted by Gasteiger charge is -2.18. The second-order valence-corrected chi connectivity index (χ2v) is 7.45. The maximum absolute atomic E-state index is 12.3. The molecule has 0 aliphatic rings. The van der Waals surface area contributed by atoms with Gasteiger partial charge in [-0.15, -0.1) is 11.8 Å². The van der Waals surface area contributed by atoms with Crippen molar-refractivity contribution >= 4 is 35.0 Å². The molecule has 25 heavy (non-hydrogen) atoms. The fraction of sp³-hybridized carbons (Fsp3) is 0.278. The van der Waals surface area contributed by atoms with Crippen molar-refractivity contribution in [3.05, 3.63) is 74.8 Å². The number of nitro benzene ring substituents is 1. The monoisotopic (exact) mass is 378 g/mol. The minimum atomic E-state index is -0.411. The van der Waals surface area contributed by atoms with E-state index in [1.54, 1.807) is 36.2 Å². The summed E-state index contributed by atoms with van der Waals surface area (Å²) in [7, 11) is 1.76. The third-order valence-electron chi connectivity index (χ3n) is 3.77. The van der Waals surface area contributed by atoms with E-state index in [2.05, 4.69) is 0 Å². The Hall–Kier alpha value is -2.05. The van der Waals surface area contributed by atoms with E-state index in [-0.39, 0.29) is 16.8 Å². The molecule has 2 aromatic rings. The van der Waals surface area contributed by atoms with Crippen LogP contribution in [0.25, 0.3) is 0 Å². The van der Waals surface area contributed by atoms with Crippen molar-refractivity contribution < 1.29 is 9.72 Å². The molecule has 0 saturated carbocycles. The molecule has 0 spiro atoms. The molecule has 7 heteroatoms. The Morgan fingerprint density at radius 1 is 1.28 bits per heavy atom. The first-order chi connectivity index (χ1) is 11.9. The average molecular weight is 379 g/mol. The first-order valence-electron chi connectivity index (χ1n) is 7.71. The molecule has 0 fully saturated rings. The van der Waals surface area contributed by atoms with Gasteiger partial charge in [-0.1, -0.05) is 35.9 Å². The van der Waals surface area contributed by atoms with E-state index in [4.69, 9.17) is 11.6 Å². The molecule has 5 nitrogen and oxygen atoms in total. The number of carbonyl (C=O) groups excluding carboxylic acids is 1. The normalized spacial score (nSPS) is 11.8. The highest BCUT2D eigenvalue weighted by Crippen LogP contribution is 2.30. The predicted octanol–water partition coefficient (Wildman–Crippen LogP) is 4.70. The molecule has 1 atom stereocenters. The molecule has 1 amide bonds. The van der Waals surface area contributed by atoms with Crippen LogP contribution in [0.5, 0.6) is 0 Å². The van der Waals surface area contributed by atoms with Gasteiger partial charge in [-0.25, -0.2) is 0 Å². The topological polar surface area (TPSA) is 63.5 Å².